The second-order valence-corrected chi connectivity index (χ2v) is 4.35. The van der Waals surface area contributed by atoms with Crippen molar-refractivity contribution >= 4 is 11.6 Å². The zero-order valence-electron chi connectivity index (χ0n) is 9.68. The molecule has 0 aliphatic carbocycles. The summed E-state index contributed by atoms with van der Waals surface area (Å²) in [7, 11) is 1.64. The summed E-state index contributed by atoms with van der Waals surface area (Å²) in [5, 5.41) is 3.61. The molecule has 1 aromatic carbocycles. The molecule has 0 fully saturated rings. The molecule has 0 saturated heterocycles. The van der Waals surface area contributed by atoms with Crippen molar-refractivity contribution < 1.29 is 9.26 Å². The van der Waals surface area contributed by atoms with Crippen molar-refractivity contribution in [3.63, 3.8) is 0 Å². The van der Waals surface area contributed by atoms with E-state index in [-0.39, 0.29) is 5.38 Å². The van der Waals surface area contributed by atoms with E-state index in [1.807, 2.05) is 24.3 Å². The third-order valence-corrected chi connectivity index (χ3v) is 2.51. The molecular weight excluding hydrogens is 240 g/mol. The Kier molecular flexibility index (Phi) is 3.64. The molecule has 2 rings (SSSR count). The summed E-state index contributed by atoms with van der Waals surface area (Å²) in [5.74, 6) is 1.89. The summed E-state index contributed by atoms with van der Waals surface area (Å²) in [5.41, 5.74) is 1.07. The van der Waals surface area contributed by atoms with Gasteiger partial charge in [0.15, 0.2) is 5.82 Å². The molecule has 0 radical (unpaired) electrons. The Bertz CT molecular complexity index is 497. The lowest BCUT2D eigenvalue weighted by Crippen LogP contribution is -1.92. The number of alkyl halides is 1. The van der Waals surface area contributed by atoms with Gasteiger partial charge in [-0.2, -0.15) is 4.98 Å². The average Bonchev–Trinajstić information content (AvgIpc) is 2.78. The third kappa shape index (κ3) is 2.97. The van der Waals surface area contributed by atoms with E-state index >= 15 is 0 Å². The van der Waals surface area contributed by atoms with Gasteiger partial charge in [-0.1, -0.05) is 17.3 Å². The molecular formula is C12H13ClN2O2. The van der Waals surface area contributed by atoms with Gasteiger partial charge in [0.05, 0.1) is 7.11 Å². The van der Waals surface area contributed by atoms with Crippen molar-refractivity contribution in [2.75, 3.05) is 7.11 Å². The summed E-state index contributed by atoms with van der Waals surface area (Å²) in [6, 6.07) is 7.76. The second kappa shape index (κ2) is 5.19. The van der Waals surface area contributed by atoms with Gasteiger partial charge in [-0.3, -0.25) is 0 Å². The van der Waals surface area contributed by atoms with Crippen LogP contribution in [0.1, 0.15) is 29.6 Å². The molecule has 0 N–H and O–H groups in total. The third-order valence-electron chi connectivity index (χ3n) is 2.32. The molecule has 0 spiro atoms. The average molecular weight is 253 g/mol. The monoisotopic (exact) mass is 252 g/mol. The summed E-state index contributed by atoms with van der Waals surface area (Å²) in [6.45, 7) is 1.80. The van der Waals surface area contributed by atoms with Crippen LogP contribution >= 0.6 is 11.6 Å². The number of rotatable bonds is 4. The molecule has 0 aliphatic heterocycles. The molecule has 5 heteroatoms. The minimum absolute atomic E-state index is 0.262. The van der Waals surface area contributed by atoms with Crippen molar-refractivity contribution in [1.82, 2.24) is 10.1 Å². The van der Waals surface area contributed by atoms with Crippen LogP contribution in [0, 0.1) is 0 Å². The largest absolute Gasteiger partial charge is 0.497 e. The van der Waals surface area contributed by atoms with Crippen LogP contribution in [0.3, 0.4) is 0 Å². The molecule has 4 nitrogen and oxygen atoms in total. The van der Waals surface area contributed by atoms with Crippen molar-refractivity contribution in [3.8, 4) is 5.75 Å². The van der Waals surface area contributed by atoms with Gasteiger partial charge >= 0.3 is 0 Å². The quantitative estimate of drug-likeness (QED) is 0.785. The van der Waals surface area contributed by atoms with Gasteiger partial charge in [0.2, 0.25) is 5.89 Å². The molecule has 0 amide bonds. The highest BCUT2D eigenvalue weighted by molar-refractivity contribution is 6.20. The first kappa shape index (κ1) is 11.9. The number of nitrogens with zero attached hydrogens (tertiary/aromatic N) is 2. The van der Waals surface area contributed by atoms with Crippen LogP contribution in [-0.2, 0) is 6.42 Å². The van der Waals surface area contributed by atoms with E-state index in [9.17, 15) is 0 Å². The first-order chi connectivity index (χ1) is 8.19. The fourth-order valence-electron chi connectivity index (χ4n) is 1.47. The van der Waals surface area contributed by atoms with Gasteiger partial charge in [-0.15, -0.1) is 11.6 Å². The fraction of sp³-hybridized carbons (Fsp3) is 0.333. The molecule has 1 atom stereocenters. The summed E-state index contributed by atoms with van der Waals surface area (Å²) in [6.07, 6.45) is 0.601. The van der Waals surface area contributed by atoms with Crippen LogP contribution in [0.4, 0.5) is 0 Å². The minimum atomic E-state index is -0.262. The van der Waals surface area contributed by atoms with Gasteiger partial charge in [-0.25, -0.2) is 0 Å². The predicted octanol–water partition coefficient (Wildman–Crippen LogP) is 2.97. The van der Waals surface area contributed by atoms with Gasteiger partial charge in [0.1, 0.15) is 11.1 Å². The van der Waals surface area contributed by atoms with Crippen molar-refractivity contribution in [2.24, 2.45) is 0 Å². The van der Waals surface area contributed by atoms with Gasteiger partial charge in [-0.05, 0) is 24.6 Å². The first-order valence-corrected chi connectivity index (χ1v) is 5.72. The smallest absolute Gasteiger partial charge is 0.244 e. The van der Waals surface area contributed by atoms with Crippen LogP contribution in [0.25, 0.3) is 0 Å². The Morgan fingerprint density at radius 2 is 2.29 bits per heavy atom. The van der Waals surface area contributed by atoms with E-state index in [2.05, 4.69) is 10.1 Å². The van der Waals surface area contributed by atoms with Crippen molar-refractivity contribution in [3.05, 3.63) is 41.5 Å². The summed E-state index contributed by atoms with van der Waals surface area (Å²) < 4.78 is 10.2. The maximum atomic E-state index is 5.85. The van der Waals surface area contributed by atoms with E-state index in [1.54, 1.807) is 14.0 Å². The number of hydrogen-bond donors (Lipinski definition) is 0. The normalized spacial score (nSPS) is 12.4. The van der Waals surface area contributed by atoms with Crippen LogP contribution in [0.15, 0.2) is 28.8 Å². The first-order valence-electron chi connectivity index (χ1n) is 5.28. The number of methoxy groups -OCH3 is 1. The highest BCUT2D eigenvalue weighted by Crippen LogP contribution is 2.19. The van der Waals surface area contributed by atoms with E-state index < -0.39 is 0 Å². The number of ether oxygens (including phenoxy) is 1. The van der Waals surface area contributed by atoms with E-state index in [1.165, 1.54) is 0 Å². The van der Waals surface area contributed by atoms with Crippen molar-refractivity contribution in [2.45, 2.75) is 18.7 Å². The molecule has 1 heterocycles. The standard InChI is InChI=1S/C12H13ClN2O2/c1-8(13)12-14-11(15-17-12)7-9-4-3-5-10(6-9)16-2/h3-6,8H,7H2,1-2H3. The Morgan fingerprint density at radius 1 is 1.47 bits per heavy atom. The minimum Gasteiger partial charge on any atom is -0.497 e. The zero-order chi connectivity index (χ0) is 12.3. The molecule has 90 valence electrons. The van der Waals surface area contributed by atoms with Crippen LogP contribution < -0.4 is 4.74 Å². The van der Waals surface area contributed by atoms with Gasteiger partial charge < -0.3 is 9.26 Å². The maximum Gasteiger partial charge on any atom is 0.244 e. The molecule has 1 aromatic heterocycles. The summed E-state index contributed by atoms with van der Waals surface area (Å²) >= 11 is 5.85. The lowest BCUT2D eigenvalue weighted by molar-refractivity contribution is 0.374. The van der Waals surface area contributed by atoms with E-state index in [0.29, 0.717) is 18.1 Å². The topological polar surface area (TPSA) is 48.2 Å². The fourth-order valence-corrected chi connectivity index (χ4v) is 1.55. The van der Waals surface area contributed by atoms with Crippen LogP contribution in [0.5, 0.6) is 5.75 Å². The molecule has 2 aromatic rings. The maximum absolute atomic E-state index is 5.85. The highest BCUT2D eigenvalue weighted by atomic mass is 35.5. The van der Waals surface area contributed by atoms with Gasteiger partial charge in [0, 0.05) is 6.42 Å². The zero-order valence-corrected chi connectivity index (χ0v) is 10.4. The Labute approximate surface area is 105 Å². The lowest BCUT2D eigenvalue weighted by Gasteiger charge is -2.01. The number of benzene rings is 1. The highest BCUT2D eigenvalue weighted by Gasteiger charge is 2.11. The second-order valence-electron chi connectivity index (χ2n) is 3.69. The number of aromatic nitrogens is 2. The van der Waals surface area contributed by atoms with Gasteiger partial charge in [0.25, 0.3) is 0 Å². The predicted molar refractivity (Wildman–Crippen MR) is 64.4 cm³/mol. The van der Waals surface area contributed by atoms with E-state index in [0.717, 1.165) is 11.3 Å². The lowest BCUT2D eigenvalue weighted by atomic mass is 10.1. The Balaban J connectivity index is 2.13. The van der Waals surface area contributed by atoms with Crippen molar-refractivity contribution in [1.29, 1.82) is 0 Å². The molecule has 1 unspecified atom stereocenters. The molecule has 17 heavy (non-hydrogen) atoms. The molecule has 0 bridgehead atoms. The SMILES string of the molecule is COc1cccc(Cc2noc(C(C)Cl)n2)c1. The Morgan fingerprint density at radius 3 is 2.94 bits per heavy atom. The van der Waals surface area contributed by atoms with Crippen LogP contribution in [0.2, 0.25) is 0 Å². The Hall–Kier alpha value is -1.55. The molecule has 0 saturated carbocycles. The number of hydrogen-bond acceptors (Lipinski definition) is 4. The molecule has 0 aliphatic rings. The van der Waals surface area contributed by atoms with Crippen LogP contribution in [-0.4, -0.2) is 17.3 Å². The number of halogens is 1. The van der Waals surface area contributed by atoms with E-state index in [4.69, 9.17) is 20.9 Å². The summed E-state index contributed by atoms with van der Waals surface area (Å²) in [4.78, 5) is 4.21.